The van der Waals surface area contributed by atoms with Crippen LogP contribution in [-0.4, -0.2) is 18.2 Å². The maximum atomic E-state index is 10.3. The fourth-order valence-corrected chi connectivity index (χ4v) is 1.18. The Labute approximate surface area is 69.7 Å². The summed E-state index contributed by atoms with van der Waals surface area (Å²) in [6.45, 7) is 0. The van der Waals surface area contributed by atoms with Crippen LogP contribution in [-0.2, 0) is 10.3 Å². The maximum Gasteiger partial charge on any atom is 0.265 e. The van der Waals surface area contributed by atoms with Gasteiger partial charge in [0.25, 0.3) is 5.70 Å². The first kappa shape index (κ1) is 8.66. The minimum Gasteiger partial charge on any atom is -0.258 e. The summed E-state index contributed by atoms with van der Waals surface area (Å²) < 4.78 is 20.7. The quantitative estimate of drug-likeness (QED) is 0.333. The van der Waals surface area contributed by atoms with Gasteiger partial charge < -0.3 is 0 Å². The normalized spacial score (nSPS) is 15.7. The summed E-state index contributed by atoms with van der Waals surface area (Å²) in [4.78, 5) is 9.77. The van der Waals surface area contributed by atoms with Gasteiger partial charge in [-0.2, -0.15) is 8.42 Å². The van der Waals surface area contributed by atoms with Crippen molar-refractivity contribution < 1.29 is 13.3 Å². The topological polar surface area (TPSA) is 77.3 Å². The molecule has 0 radical (unpaired) electrons. The molecule has 12 heavy (non-hydrogen) atoms. The van der Waals surface area contributed by atoms with Crippen molar-refractivity contribution in [1.82, 2.24) is 0 Å². The van der Waals surface area contributed by atoms with E-state index < -0.39 is 15.2 Å². The van der Waals surface area contributed by atoms with Gasteiger partial charge >= 0.3 is 0 Å². The van der Waals surface area contributed by atoms with Crippen molar-refractivity contribution in [1.29, 1.82) is 0 Å². The molecule has 0 saturated carbocycles. The number of hydrogen-bond acceptors (Lipinski definition) is 4. The molecule has 0 bridgehead atoms. The molecule has 64 valence electrons. The first-order valence-corrected chi connectivity index (χ1v) is 4.16. The lowest BCUT2D eigenvalue weighted by Crippen LogP contribution is -2.04. The molecule has 1 aliphatic rings. The van der Waals surface area contributed by atoms with Gasteiger partial charge in [0.2, 0.25) is 10.3 Å². The Morgan fingerprint density at radius 1 is 1.42 bits per heavy atom. The monoisotopic (exact) mass is 187 g/mol. The summed E-state index contributed by atoms with van der Waals surface area (Å²) in [6, 6.07) is 0. The second-order valence-corrected chi connectivity index (χ2v) is 3.12. The standard InChI is InChI=1S/C6H5NO4S/c8-7(9)5-1-3-6(4-2-5)12(10)11/h1-3H,4H2. The van der Waals surface area contributed by atoms with E-state index >= 15 is 0 Å². The zero-order valence-electron chi connectivity index (χ0n) is 5.93. The third-order valence-corrected chi connectivity index (χ3v) is 2.11. The Kier molecular flexibility index (Phi) is 2.39. The van der Waals surface area contributed by atoms with Crippen LogP contribution in [0.15, 0.2) is 23.9 Å². The van der Waals surface area contributed by atoms with Crippen LogP contribution in [0.2, 0.25) is 0 Å². The van der Waals surface area contributed by atoms with Gasteiger partial charge in [0.15, 0.2) is 0 Å². The lowest BCUT2D eigenvalue weighted by molar-refractivity contribution is -0.419. The minimum atomic E-state index is -2.27. The second-order valence-electron chi connectivity index (χ2n) is 2.12. The maximum absolute atomic E-state index is 10.3. The fourth-order valence-electron chi connectivity index (χ4n) is 0.779. The van der Waals surface area contributed by atoms with Crippen LogP contribution in [0, 0.1) is 10.1 Å². The smallest absolute Gasteiger partial charge is 0.258 e. The van der Waals surface area contributed by atoms with E-state index in [1.54, 1.807) is 0 Å². The highest BCUT2D eigenvalue weighted by atomic mass is 32.2. The molecule has 0 aromatic rings. The van der Waals surface area contributed by atoms with Crippen LogP contribution in [0.4, 0.5) is 0 Å². The SMILES string of the molecule is O=[N+]([O-])C1=CCC(=S(=O)=O)C=C1. The Balaban J connectivity index is 2.96. The molecule has 5 nitrogen and oxygen atoms in total. The van der Waals surface area contributed by atoms with Crippen LogP contribution in [0.3, 0.4) is 0 Å². The summed E-state index contributed by atoms with van der Waals surface area (Å²) in [5.41, 5.74) is -0.0656. The number of nitrogens with zero attached hydrogens (tertiary/aromatic N) is 1. The molecule has 6 heteroatoms. The third kappa shape index (κ3) is 1.79. The van der Waals surface area contributed by atoms with E-state index in [2.05, 4.69) is 0 Å². The molecule has 0 N–H and O–H groups in total. The van der Waals surface area contributed by atoms with E-state index in [4.69, 9.17) is 0 Å². The average molecular weight is 187 g/mol. The van der Waals surface area contributed by atoms with Crippen molar-refractivity contribution in [2.45, 2.75) is 6.42 Å². The Morgan fingerprint density at radius 3 is 2.42 bits per heavy atom. The van der Waals surface area contributed by atoms with E-state index in [9.17, 15) is 18.5 Å². The summed E-state index contributed by atoms with van der Waals surface area (Å²) in [5.74, 6) is 0. The van der Waals surface area contributed by atoms with Crippen LogP contribution in [0.5, 0.6) is 0 Å². The highest BCUT2D eigenvalue weighted by Crippen LogP contribution is 2.07. The van der Waals surface area contributed by atoms with Gasteiger partial charge in [0.1, 0.15) is 0 Å². The highest BCUT2D eigenvalue weighted by Gasteiger charge is 2.11. The number of hydrogen-bond donors (Lipinski definition) is 0. The molecule has 0 aromatic carbocycles. The van der Waals surface area contributed by atoms with E-state index in [1.807, 2.05) is 0 Å². The third-order valence-electron chi connectivity index (χ3n) is 1.38. The molecule has 0 atom stereocenters. The second kappa shape index (κ2) is 3.31. The van der Waals surface area contributed by atoms with Crippen molar-refractivity contribution in [2.75, 3.05) is 0 Å². The highest BCUT2D eigenvalue weighted by molar-refractivity contribution is 7.73. The van der Waals surface area contributed by atoms with Gasteiger partial charge in [-0.15, -0.1) is 0 Å². The van der Waals surface area contributed by atoms with E-state index in [0.717, 1.165) is 0 Å². The largest absolute Gasteiger partial charge is 0.265 e. The lowest BCUT2D eigenvalue weighted by Gasteiger charge is -1.97. The van der Waals surface area contributed by atoms with Gasteiger partial charge in [0, 0.05) is 12.5 Å². The van der Waals surface area contributed by atoms with Crippen molar-refractivity contribution in [3.05, 3.63) is 34.0 Å². The van der Waals surface area contributed by atoms with Gasteiger partial charge in [-0.3, -0.25) is 10.1 Å². The number of allylic oxidation sites excluding steroid dienone is 3. The number of rotatable bonds is 1. The van der Waals surface area contributed by atoms with Gasteiger partial charge in [-0.05, 0) is 12.2 Å². The van der Waals surface area contributed by atoms with Crippen LogP contribution in [0.1, 0.15) is 6.42 Å². The predicted molar refractivity (Wildman–Crippen MR) is 42.8 cm³/mol. The molecular weight excluding hydrogens is 182 g/mol. The Bertz CT molecular complexity index is 393. The van der Waals surface area contributed by atoms with Gasteiger partial charge in [-0.1, -0.05) is 0 Å². The average Bonchev–Trinajstić information content (AvgIpc) is 2.04. The first-order valence-electron chi connectivity index (χ1n) is 3.09. The molecule has 0 fully saturated rings. The van der Waals surface area contributed by atoms with Crippen molar-refractivity contribution in [3.8, 4) is 0 Å². The molecule has 1 aliphatic carbocycles. The van der Waals surface area contributed by atoms with E-state index in [0.29, 0.717) is 0 Å². The van der Waals surface area contributed by atoms with Crippen molar-refractivity contribution >= 4 is 15.2 Å². The fraction of sp³-hybridized carbons (Fsp3) is 0.167. The molecular formula is C6H5NO4S. The Morgan fingerprint density at radius 2 is 2.08 bits per heavy atom. The molecule has 0 heterocycles. The molecule has 0 amide bonds. The predicted octanol–water partition coefficient (Wildman–Crippen LogP) is 0.158. The van der Waals surface area contributed by atoms with Gasteiger partial charge in [0.05, 0.1) is 9.79 Å². The molecule has 0 aliphatic heterocycles. The van der Waals surface area contributed by atoms with Crippen LogP contribution >= 0.6 is 0 Å². The summed E-state index contributed by atoms with van der Waals surface area (Å²) >= 11 is 0. The van der Waals surface area contributed by atoms with Crippen molar-refractivity contribution in [3.63, 3.8) is 0 Å². The molecule has 0 saturated heterocycles. The summed E-state index contributed by atoms with van der Waals surface area (Å²) in [6.07, 6.45) is 3.78. The number of nitro groups is 1. The first-order chi connectivity index (χ1) is 5.61. The zero-order chi connectivity index (χ0) is 9.14. The van der Waals surface area contributed by atoms with Crippen LogP contribution < -0.4 is 0 Å². The minimum absolute atomic E-state index is 0.0656. The molecule has 0 unspecified atom stereocenters. The van der Waals surface area contributed by atoms with Crippen LogP contribution in [0.25, 0.3) is 0 Å². The molecule has 0 aromatic heterocycles. The molecule has 0 spiro atoms. The van der Waals surface area contributed by atoms with E-state index in [-0.39, 0.29) is 17.0 Å². The Hall–Kier alpha value is -1.43. The van der Waals surface area contributed by atoms with Crippen molar-refractivity contribution in [2.24, 2.45) is 0 Å². The van der Waals surface area contributed by atoms with E-state index in [1.165, 1.54) is 18.2 Å². The molecule has 1 rings (SSSR count). The van der Waals surface area contributed by atoms with Gasteiger partial charge in [-0.25, -0.2) is 0 Å². The lowest BCUT2D eigenvalue weighted by atomic mass is 10.1. The zero-order valence-corrected chi connectivity index (χ0v) is 6.74. The summed E-state index contributed by atoms with van der Waals surface area (Å²) in [5, 5.41) is 10.2. The summed E-state index contributed by atoms with van der Waals surface area (Å²) in [7, 11) is -2.27.